The quantitative estimate of drug-likeness (QED) is 0.471. The SMILES string of the molecule is Cc1ccc([N+](=O)[O-])cc1N.Nc1ccc(Cl)c(Cl)c1. The summed E-state index contributed by atoms with van der Waals surface area (Å²) in [5, 5.41) is 11.2. The van der Waals surface area contributed by atoms with Gasteiger partial charge in [-0.3, -0.25) is 10.1 Å². The molecule has 0 amide bonds. The van der Waals surface area contributed by atoms with E-state index in [0.29, 0.717) is 21.4 Å². The molecule has 0 heterocycles. The van der Waals surface area contributed by atoms with Gasteiger partial charge in [-0.1, -0.05) is 29.3 Å². The van der Waals surface area contributed by atoms with E-state index in [9.17, 15) is 10.1 Å². The molecule has 0 unspecified atom stereocenters. The van der Waals surface area contributed by atoms with Gasteiger partial charge in [0.1, 0.15) is 0 Å². The zero-order valence-electron chi connectivity index (χ0n) is 10.6. The number of nitro benzene ring substituents is 1. The summed E-state index contributed by atoms with van der Waals surface area (Å²) in [4.78, 5) is 9.75. The van der Waals surface area contributed by atoms with E-state index < -0.39 is 4.92 Å². The summed E-state index contributed by atoms with van der Waals surface area (Å²) < 4.78 is 0. The Morgan fingerprint density at radius 2 is 1.70 bits per heavy atom. The van der Waals surface area contributed by atoms with Gasteiger partial charge in [0, 0.05) is 23.5 Å². The van der Waals surface area contributed by atoms with E-state index in [1.165, 1.54) is 12.1 Å². The topological polar surface area (TPSA) is 95.2 Å². The molecule has 2 aromatic carbocycles. The van der Waals surface area contributed by atoms with E-state index in [0.717, 1.165) is 5.56 Å². The first kappa shape index (κ1) is 16.1. The largest absolute Gasteiger partial charge is 0.399 e. The molecule has 0 spiro atoms. The van der Waals surface area contributed by atoms with Crippen molar-refractivity contribution in [3.05, 3.63) is 62.1 Å². The Morgan fingerprint density at radius 3 is 2.15 bits per heavy atom. The second kappa shape index (κ2) is 6.98. The molecule has 0 bridgehead atoms. The third kappa shape index (κ3) is 4.60. The molecule has 106 valence electrons. The lowest BCUT2D eigenvalue weighted by atomic mass is 10.2. The monoisotopic (exact) mass is 313 g/mol. The Labute approximate surface area is 126 Å². The van der Waals surface area contributed by atoms with Crippen molar-refractivity contribution in [1.82, 2.24) is 0 Å². The zero-order valence-corrected chi connectivity index (χ0v) is 12.2. The molecule has 0 aromatic heterocycles. The van der Waals surface area contributed by atoms with E-state index in [4.69, 9.17) is 34.7 Å². The zero-order chi connectivity index (χ0) is 15.3. The molecule has 0 aliphatic rings. The maximum absolute atomic E-state index is 10.2. The van der Waals surface area contributed by atoms with Gasteiger partial charge in [-0.15, -0.1) is 0 Å². The predicted octanol–water partition coefficient (Wildman–Crippen LogP) is 4.06. The lowest BCUT2D eigenvalue weighted by molar-refractivity contribution is -0.384. The van der Waals surface area contributed by atoms with Gasteiger partial charge < -0.3 is 11.5 Å². The fourth-order valence-corrected chi connectivity index (χ4v) is 1.56. The van der Waals surface area contributed by atoms with Crippen molar-refractivity contribution >= 4 is 40.3 Å². The van der Waals surface area contributed by atoms with Crippen LogP contribution in [0.1, 0.15) is 5.56 Å². The molecule has 0 radical (unpaired) electrons. The van der Waals surface area contributed by atoms with E-state index >= 15 is 0 Å². The molecule has 7 heteroatoms. The molecule has 2 rings (SSSR count). The van der Waals surface area contributed by atoms with Crippen LogP contribution in [0.4, 0.5) is 17.1 Å². The molecule has 0 fully saturated rings. The number of rotatable bonds is 1. The average molecular weight is 314 g/mol. The summed E-state index contributed by atoms with van der Waals surface area (Å²) in [6.07, 6.45) is 0. The van der Waals surface area contributed by atoms with E-state index in [2.05, 4.69) is 0 Å². The minimum absolute atomic E-state index is 0.0353. The van der Waals surface area contributed by atoms with Crippen LogP contribution in [0.15, 0.2) is 36.4 Å². The maximum atomic E-state index is 10.2. The van der Waals surface area contributed by atoms with Gasteiger partial charge in [-0.05, 0) is 30.7 Å². The molecular weight excluding hydrogens is 301 g/mol. The van der Waals surface area contributed by atoms with Crippen LogP contribution in [-0.4, -0.2) is 4.92 Å². The number of hydrogen-bond acceptors (Lipinski definition) is 4. The fraction of sp³-hybridized carbons (Fsp3) is 0.0769. The summed E-state index contributed by atoms with van der Waals surface area (Å²) in [5.74, 6) is 0. The molecule has 20 heavy (non-hydrogen) atoms. The van der Waals surface area contributed by atoms with Gasteiger partial charge in [0.2, 0.25) is 0 Å². The number of aryl methyl sites for hydroxylation is 1. The van der Waals surface area contributed by atoms with E-state index in [1.807, 2.05) is 0 Å². The number of nitrogens with zero attached hydrogens (tertiary/aromatic N) is 1. The molecule has 5 nitrogen and oxygen atoms in total. The number of benzene rings is 2. The van der Waals surface area contributed by atoms with Crippen molar-refractivity contribution in [3.8, 4) is 0 Å². The highest BCUT2D eigenvalue weighted by molar-refractivity contribution is 6.42. The number of anilines is 2. The third-order valence-corrected chi connectivity index (χ3v) is 3.16. The molecule has 0 aliphatic carbocycles. The fourth-order valence-electron chi connectivity index (χ4n) is 1.25. The van der Waals surface area contributed by atoms with Crippen molar-refractivity contribution in [2.45, 2.75) is 6.92 Å². The number of nitrogen functional groups attached to an aromatic ring is 2. The Morgan fingerprint density at radius 1 is 1.05 bits per heavy atom. The van der Waals surface area contributed by atoms with Gasteiger partial charge >= 0.3 is 0 Å². The Balaban J connectivity index is 0.000000204. The number of halogens is 2. The molecular formula is C13H13Cl2N3O2. The van der Waals surface area contributed by atoms with Gasteiger partial charge in [-0.2, -0.15) is 0 Å². The van der Waals surface area contributed by atoms with Crippen LogP contribution in [0.25, 0.3) is 0 Å². The van der Waals surface area contributed by atoms with Crippen LogP contribution in [-0.2, 0) is 0 Å². The lowest BCUT2D eigenvalue weighted by Crippen LogP contribution is -1.92. The summed E-state index contributed by atoms with van der Waals surface area (Å²) in [5.41, 5.74) is 12.8. The van der Waals surface area contributed by atoms with Crippen molar-refractivity contribution in [2.75, 3.05) is 11.5 Å². The summed E-state index contributed by atoms with van der Waals surface area (Å²) >= 11 is 11.2. The third-order valence-electron chi connectivity index (χ3n) is 2.42. The number of nitrogens with two attached hydrogens (primary N) is 2. The first-order valence-electron chi connectivity index (χ1n) is 5.52. The number of non-ortho nitro benzene ring substituents is 1. The Hall–Kier alpha value is -1.98. The second-order valence-electron chi connectivity index (χ2n) is 3.97. The van der Waals surface area contributed by atoms with Crippen LogP contribution in [0.2, 0.25) is 10.0 Å². The lowest BCUT2D eigenvalue weighted by Gasteiger charge is -1.97. The Kier molecular flexibility index (Phi) is 5.61. The second-order valence-corrected chi connectivity index (χ2v) is 4.79. The van der Waals surface area contributed by atoms with Crippen LogP contribution < -0.4 is 11.5 Å². The van der Waals surface area contributed by atoms with E-state index in [-0.39, 0.29) is 5.69 Å². The van der Waals surface area contributed by atoms with E-state index in [1.54, 1.807) is 31.2 Å². The summed E-state index contributed by atoms with van der Waals surface area (Å²) in [6, 6.07) is 9.41. The van der Waals surface area contributed by atoms with Crippen LogP contribution >= 0.6 is 23.2 Å². The van der Waals surface area contributed by atoms with Crippen molar-refractivity contribution in [2.24, 2.45) is 0 Å². The highest BCUT2D eigenvalue weighted by atomic mass is 35.5. The average Bonchev–Trinajstić information content (AvgIpc) is 2.38. The van der Waals surface area contributed by atoms with Gasteiger partial charge in [0.05, 0.1) is 15.0 Å². The standard InChI is InChI=1S/C7H8N2O2.C6H5Cl2N/c1-5-2-3-6(9(10)11)4-7(5)8;7-5-2-1-4(9)3-6(5)8/h2-4H,8H2,1H3;1-3H,9H2. The van der Waals surface area contributed by atoms with Crippen molar-refractivity contribution in [3.63, 3.8) is 0 Å². The minimum atomic E-state index is -0.462. The highest BCUT2D eigenvalue weighted by Gasteiger charge is 2.05. The molecule has 4 N–H and O–H groups in total. The summed E-state index contributed by atoms with van der Waals surface area (Å²) in [6.45, 7) is 1.80. The first-order valence-corrected chi connectivity index (χ1v) is 6.28. The van der Waals surface area contributed by atoms with Crippen LogP contribution in [0.5, 0.6) is 0 Å². The van der Waals surface area contributed by atoms with Crippen LogP contribution in [0, 0.1) is 17.0 Å². The van der Waals surface area contributed by atoms with Crippen molar-refractivity contribution < 1.29 is 4.92 Å². The normalized spacial score (nSPS) is 9.55. The Bertz CT molecular complexity index is 633. The van der Waals surface area contributed by atoms with Crippen LogP contribution in [0.3, 0.4) is 0 Å². The number of hydrogen-bond donors (Lipinski definition) is 2. The minimum Gasteiger partial charge on any atom is -0.399 e. The van der Waals surface area contributed by atoms with Gasteiger partial charge in [0.25, 0.3) is 5.69 Å². The number of nitro groups is 1. The smallest absolute Gasteiger partial charge is 0.271 e. The molecule has 0 saturated heterocycles. The predicted molar refractivity (Wildman–Crippen MR) is 83.1 cm³/mol. The van der Waals surface area contributed by atoms with Gasteiger partial charge in [0.15, 0.2) is 0 Å². The first-order chi connectivity index (χ1) is 9.31. The highest BCUT2D eigenvalue weighted by Crippen LogP contribution is 2.23. The molecule has 0 atom stereocenters. The molecule has 0 aliphatic heterocycles. The van der Waals surface area contributed by atoms with Crippen molar-refractivity contribution in [1.29, 1.82) is 0 Å². The summed E-state index contributed by atoms with van der Waals surface area (Å²) in [7, 11) is 0. The van der Waals surface area contributed by atoms with Gasteiger partial charge in [-0.25, -0.2) is 0 Å². The molecule has 0 saturated carbocycles. The maximum Gasteiger partial charge on any atom is 0.271 e. The molecule has 2 aromatic rings.